The molecule has 1 amide bonds. The quantitative estimate of drug-likeness (QED) is 0.581. The van der Waals surface area contributed by atoms with E-state index in [1.165, 1.54) is 23.1 Å². The molecule has 1 atom stereocenters. The summed E-state index contributed by atoms with van der Waals surface area (Å²) in [6.45, 7) is 2.99. The molecular formula is C22H23ClN4O3S. The van der Waals surface area contributed by atoms with Crippen LogP contribution in [0.2, 0.25) is 4.34 Å². The highest BCUT2D eigenvalue weighted by Crippen LogP contribution is 2.33. The minimum Gasteiger partial charge on any atom is -0.496 e. The molecule has 4 rings (SSSR count). The molecule has 0 bridgehead atoms. The van der Waals surface area contributed by atoms with Crippen LogP contribution >= 0.6 is 22.9 Å². The Balaban J connectivity index is 1.73. The van der Waals surface area contributed by atoms with Gasteiger partial charge in [-0.3, -0.25) is 9.59 Å². The summed E-state index contributed by atoms with van der Waals surface area (Å²) in [6.07, 6.45) is 1.52. The number of para-hydroxylation sites is 1. The molecule has 3 aromatic rings. The fourth-order valence-electron chi connectivity index (χ4n) is 3.69. The van der Waals surface area contributed by atoms with Gasteiger partial charge in [-0.05, 0) is 44.0 Å². The molecule has 1 aromatic carbocycles. The standard InChI is InChI=1S/C22H23ClN4O3S/c1-22(10-5-11-24-21(22)29)17-12-19(25-13-14-8-9-18(23)31-14)27(26-17)20(28)15-6-3-4-7-16(15)30-2/h3-4,6-9,12,25H,5,10-11,13H2,1-2H3,(H,24,29). The van der Waals surface area contributed by atoms with E-state index >= 15 is 0 Å². The number of benzene rings is 1. The van der Waals surface area contributed by atoms with Gasteiger partial charge >= 0.3 is 0 Å². The number of aromatic nitrogens is 2. The Morgan fingerprint density at radius 1 is 1.35 bits per heavy atom. The minimum absolute atomic E-state index is 0.0790. The number of carbonyl (C=O) groups excluding carboxylic acids is 2. The Morgan fingerprint density at radius 3 is 2.87 bits per heavy atom. The molecule has 1 fully saturated rings. The monoisotopic (exact) mass is 458 g/mol. The van der Waals surface area contributed by atoms with Gasteiger partial charge in [-0.15, -0.1) is 11.3 Å². The van der Waals surface area contributed by atoms with Gasteiger partial charge in [0.05, 0.1) is 34.7 Å². The molecule has 0 aliphatic carbocycles. The van der Waals surface area contributed by atoms with Gasteiger partial charge < -0.3 is 15.4 Å². The number of thiophene rings is 1. The maximum atomic E-state index is 13.4. The lowest BCUT2D eigenvalue weighted by molar-refractivity contribution is -0.128. The van der Waals surface area contributed by atoms with Crippen molar-refractivity contribution in [3.63, 3.8) is 0 Å². The Hall–Kier alpha value is -2.84. The van der Waals surface area contributed by atoms with E-state index in [-0.39, 0.29) is 11.8 Å². The van der Waals surface area contributed by atoms with Gasteiger partial charge in [0.2, 0.25) is 5.91 Å². The van der Waals surface area contributed by atoms with E-state index in [0.717, 1.165) is 11.3 Å². The smallest absolute Gasteiger partial charge is 0.283 e. The van der Waals surface area contributed by atoms with E-state index in [1.54, 1.807) is 30.3 Å². The van der Waals surface area contributed by atoms with Crippen molar-refractivity contribution in [3.8, 4) is 5.75 Å². The Morgan fingerprint density at radius 2 is 2.16 bits per heavy atom. The second-order valence-electron chi connectivity index (χ2n) is 7.58. The first-order valence-corrected chi connectivity index (χ1v) is 11.2. The third-order valence-corrected chi connectivity index (χ3v) is 6.75. The first-order chi connectivity index (χ1) is 14.9. The summed E-state index contributed by atoms with van der Waals surface area (Å²) in [7, 11) is 1.52. The molecule has 0 saturated carbocycles. The van der Waals surface area contributed by atoms with Crippen LogP contribution in [0.25, 0.3) is 0 Å². The van der Waals surface area contributed by atoms with Crippen LogP contribution in [0.4, 0.5) is 5.82 Å². The summed E-state index contributed by atoms with van der Waals surface area (Å²) in [5.74, 6) is 0.553. The number of nitrogens with zero attached hydrogens (tertiary/aromatic N) is 2. The number of piperidine rings is 1. The van der Waals surface area contributed by atoms with Gasteiger partial charge in [0.25, 0.3) is 5.91 Å². The van der Waals surface area contributed by atoms with Gasteiger partial charge in [-0.1, -0.05) is 23.7 Å². The summed E-state index contributed by atoms with van der Waals surface area (Å²) < 4.78 is 7.37. The summed E-state index contributed by atoms with van der Waals surface area (Å²) in [6, 6.07) is 12.6. The number of rotatable bonds is 6. The topological polar surface area (TPSA) is 85.2 Å². The second-order valence-corrected chi connectivity index (χ2v) is 9.38. The molecule has 31 heavy (non-hydrogen) atoms. The summed E-state index contributed by atoms with van der Waals surface area (Å²) in [5, 5.41) is 10.8. The number of hydrogen-bond donors (Lipinski definition) is 2. The van der Waals surface area contributed by atoms with Crippen LogP contribution in [0.15, 0.2) is 42.5 Å². The van der Waals surface area contributed by atoms with Crippen molar-refractivity contribution in [2.75, 3.05) is 19.0 Å². The average molecular weight is 459 g/mol. The van der Waals surface area contributed by atoms with Crippen molar-refractivity contribution >= 4 is 40.6 Å². The molecule has 1 saturated heterocycles. The maximum absolute atomic E-state index is 13.4. The zero-order chi connectivity index (χ0) is 22.0. The van der Waals surface area contributed by atoms with Crippen molar-refractivity contribution in [2.24, 2.45) is 0 Å². The molecule has 1 aliphatic rings. The SMILES string of the molecule is COc1ccccc1C(=O)n1nc(C2(C)CCCNC2=O)cc1NCc1ccc(Cl)s1. The molecule has 2 N–H and O–H groups in total. The van der Waals surface area contributed by atoms with Crippen LogP contribution in [0, 0.1) is 0 Å². The van der Waals surface area contributed by atoms with Gasteiger partial charge in [0, 0.05) is 17.5 Å². The predicted molar refractivity (Wildman–Crippen MR) is 121 cm³/mol. The van der Waals surface area contributed by atoms with Crippen molar-refractivity contribution in [1.82, 2.24) is 15.1 Å². The van der Waals surface area contributed by atoms with Crippen molar-refractivity contribution in [3.05, 3.63) is 62.9 Å². The molecule has 9 heteroatoms. The summed E-state index contributed by atoms with van der Waals surface area (Å²) >= 11 is 7.50. The average Bonchev–Trinajstić information content (AvgIpc) is 3.40. The predicted octanol–water partition coefficient (Wildman–Crippen LogP) is 4.07. The Bertz CT molecular complexity index is 1130. The van der Waals surface area contributed by atoms with E-state index in [1.807, 2.05) is 19.1 Å². The lowest BCUT2D eigenvalue weighted by atomic mass is 9.79. The van der Waals surface area contributed by atoms with E-state index < -0.39 is 5.41 Å². The normalized spacial score (nSPS) is 18.5. The van der Waals surface area contributed by atoms with E-state index in [4.69, 9.17) is 16.3 Å². The summed E-state index contributed by atoms with van der Waals surface area (Å²) in [5.41, 5.74) is 0.146. The number of carbonyl (C=O) groups is 2. The lowest BCUT2D eigenvalue weighted by Gasteiger charge is -2.30. The van der Waals surface area contributed by atoms with Crippen LogP contribution in [-0.2, 0) is 16.8 Å². The van der Waals surface area contributed by atoms with Crippen molar-refractivity contribution in [1.29, 1.82) is 0 Å². The fourth-order valence-corrected chi connectivity index (χ4v) is 4.72. The number of anilines is 1. The number of nitrogens with one attached hydrogen (secondary N) is 2. The van der Waals surface area contributed by atoms with E-state index in [9.17, 15) is 9.59 Å². The second kappa shape index (κ2) is 8.72. The fraction of sp³-hybridized carbons (Fsp3) is 0.318. The molecule has 1 aliphatic heterocycles. The molecule has 1 unspecified atom stereocenters. The van der Waals surface area contributed by atoms with Crippen LogP contribution in [0.1, 0.15) is 40.7 Å². The van der Waals surface area contributed by atoms with Crippen molar-refractivity contribution in [2.45, 2.75) is 31.7 Å². The van der Waals surface area contributed by atoms with Gasteiger partial charge in [0.15, 0.2) is 0 Å². The molecule has 7 nitrogen and oxygen atoms in total. The molecule has 0 radical (unpaired) electrons. The number of hydrogen-bond acceptors (Lipinski definition) is 6. The number of methoxy groups -OCH3 is 1. The third-order valence-electron chi connectivity index (χ3n) is 5.52. The zero-order valence-electron chi connectivity index (χ0n) is 17.3. The van der Waals surface area contributed by atoms with E-state index in [2.05, 4.69) is 15.7 Å². The van der Waals surface area contributed by atoms with E-state index in [0.29, 0.717) is 46.7 Å². The molecular weight excluding hydrogens is 436 g/mol. The highest BCUT2D eigenvalue weighted by molar-refractivity contribution is 7.16. The van der Waals surface area contributed by atoms with Gasteiger partial charge in [0.1, 0.15) is 11.6 Å². The number of halogens is 1. The molecule has 162 valence electrons. The number of ether oxygens (including phenoxy) is 1. The largest absolute Gasteiger partial charge is 0.496 e. The molecule has 0 spiro atoms. The minimum atomic E-state index is -0.798. The first-order valence-electron chi connectivity index (χ1n) is 9.97. The van der Waals surface area contributed by atoms with Gasteiger partial charge in [-0.25, -0.2) is 0 Å². The highest BCUT2D eigenvalue weighted by Gasteiger charge is 2.40. The Kier molecular flexibility index (Phi) is 6.02. The molecule has 2 aromatic heterocycles. The lowest BCUT2D eigenvalue weighted by Crippen LogP contribution is -2.47. The van der Waals surface area contributed by atoms with Crippen LogP contribution < -0.4 is 15.4 Å². The first kappa shape index (κ1) is 21.4. The maximum Gasteiger partial charge on any atom is 0.283 e. The van der Waals surface area contributed by atoms with Crippen LogP contribution in [-0.4, -0.2) is 35.2 Å². The van der Waals surface area contributed by atoms with Gasteiger partial charge in [-0.2, -0.15) is 9.78 Å². The molecule has 3 heterocycles. The van der Waals surface area contributed by atoms with Crippen LogP contribution in [0.5, 0.6) is 5.75 Å². The Labute approximate surface area is 189 Å². The zero-order valence-corrected chi connectivity index (χ0v) is 18.8. The highest BCUT2D eigenvalue weighted by atomic mass is 35.5. The third kappa shape index (κ3) is 4.18. The van der Waals surface area contributed by atoms with Crippen molar-refractivity contribution < 1.29 is 14.3 Å². The summed E-state index contributed by atoms with van der Waals surface area (Å²) in [4.78, 5) is 27.1. The van der Waals surface area contributed by atoms with Crippen LogP contribution in [0.3, 0.4) is 0 Å². The number of amides is 1.